The molecule has 0 aliphatic carbocycles. The molecule has 3 aromatic carbocycles. The van der Waals surface area contributed by atoms with Gasteiger partial charge in [0.2, 0.25) is 0 Å². The van der Waals surface area contributed by atoms with Crippen LogP contribution in [0.25, 0.3) is 0 Å². The SMILES string of the molecule is CC(=O)O.CC(=O)[O-].CC[P+](c1ccccc1C)(c1ccccc1C)c1ccccc1C. The predicted octanol–water partition coefficient (Wildman–Crippen LogP) is 3.77. The van der Waals surface area contributed by atoms with E-state index in [0.29, 0.717) is 0 Å². The highest BCUT2D eigenvalue weighted by atomic mass is 31.2. The fourth-order valence-electron chi connectivity index (χ4n) is 3.88. The second-order valence-corrected chi connectivity index (χ2v) is 11.2. The minimum atomic E-state index is -1.65. The first-order valence-corrected chi connectivity index (χ1v) is 12.5. The molecule has 0 aromatic heterocycles. The average molecular weight is 453 g/mol. The van der Waals surface area contributed by atoms with Crippen LogP contribution in [0.1, 0.15) is 37.5 Å². The molecule has 1 N–H and O–H groups in total. The second kappa shape index (κ2) is 12.8. The van der Waals surface area contributed by atoms with Crippen LogP contribution >= 0.6 is 7.26 Å². The summed E-state index contributed by atoms with van der Waals surface area (Å²) >= 11 is 0. The second-order valence-electron chi connectivity index (χ2n) is 7.50. The third-order valence-electron chi connectivity index (χ3n) is 5.05. The number of aryl methyl sites for hydroxylation is 3. The summed E-state index contributed by atoms with van der Waals surface area (Å²) in [5.41, 5.74) is 4.21. The van der Waals surface area contributed by atoms with Gasteiger partial charge in [0.25, 0.3) is 5.97 Å². The molecule has 0 aliphatic rings. The van der Waals surface area contributed by atoms with Gasteiger partial charge in [-0.3, -0.25) is 4.79 Å². The van der Waals surface area contributed by atoms with Gasteiger partial charge in [-0.05, 0) is 69.5 Å². The molecule has 5 heteroatoms. The number of carbonyl (C=O) groups excluding carboxylic acids is 1. The highest BCUT2D eigenvalue weighted by Crippen LogP contribution is 2.56. The van der Waals surface area contributed by atoms with Crippen LogP contribution < -0.4 is 21.0 Å². The molecule has 0 spiro atoms. The Kier molecular flexibility index (Phi) is 10.8. The molecule has 0 unspecified atom stereocenters. The predicted molar refractivity (Wildman–Crippen MR) is 134 cm³/mol. The maximum Gasteiger partial charge on any atom is 0.300 e. The Morgan fingerprint density at radius 3 is 1.12 bits per heavy atom. The fraction of sp³-hybridized carbons (Fsp3) is 0.259. The van der Waals surface area contributed by atoms with E-state index in [0.717, 1.165) is 20.0 Å². The van der Waals surface area contributed by atoms with Crippen LogP contribution in [0.15, 0.2) is 72.8 Å². The molecule has 0 atom stereocenters. The van der Waals surface area contributed by atoms with Crippen LogP contribution in [-0.4, -0.2) is 23.2 Å². The average Bonchev–Trinajstić information content (AvgIpc) is 2.71. The normalized spacial score (nSPS) is 10.2. The first kappa shape index (κ1) is 27.1. The minimum Gasteiger partial charge on any atom is -0.550 e. The molecular weight excluding hydrogens is 419 g/mol. The van der Waals surface area contributed by atoms with Gasteiger partial charge < -0.3 is 15.0 Å². The van der Waals surface area contributed by atoms with E-state index >= 15 is 0 Å². The van der Waals surface area contributed by atoms with Crippen molar-refractivity contribution >= 4 is 35.1 Å². The highest BCUT2D eigenvalue weighted by Gasteiger charge is 2.46. The summed E-state index contributed by atoms with van der Waals surface area (Å²) in [6, 6.07) is 26.9. The summed E-state index contributed by atoms with van der Waals surface area (Å²) in [5, 5.41) is 20.9. The molecule has 0 radical (unpaired) electrons. The largest absolute Gasteiger partial charge is 0.550 e. The van der Waals surface area contributed by atoms with Gasteiger partial charge in [0.15, 0.2) is 0 Å². The summed E-state index contributed by atoms with van der Waals surface area (Å²) in [6.07, 6.45) is 1.15. The van der Waals surface area contributed by atoms with Gasteiger partial charge in [-0.15, -0.1) is 0 Å². The molecule has 0 aliphatic heterocycles. The van der Waals surface area contributed by atoms with Crippen molar-refractivity contribution in [3.05, 3.63) is 89.5 Å². The van der Waals surface area contributed by atoms with Crippen molar-refractivity contribution in [1.29, 1.82) is 0 Å². The lowest BCUT2D eigenvalue weighted by molar-refractivity contribution is -0.302. The van der Waals surface area contributed by atoms with E-state index in [1.807, 2.05) is 0 Å². The molecule has 0 fully saturated rings. The molecule has 0 heterocycles. The Labute approximate surface area is 192 Å². The Hall–Kier alpha value is -2.97. The summed E-state index contributed by atoms with van der Waals surface area (Å²) in [6.45, 7) is 11.2. The monoisotopic (exact) mass is 452 g/mol. The summed E-state index contributed by atoms with van der Waals surface area (Å²) in [4.78, 5) is 17.9. The van der Waals surface area contributed by atoms with E-state index in [1.165, 1.54) is 32.6 Å². The smallest absolute Gasteiger partial charge is 0.300 e. The number of hydrogen-bond donors (Lipinski definition) is 1. The van der Waals surface area contributed by atoms with E-state index in [2.05, 4.69) is 100 Å². The Bertz CT molecular complexity index is 912. The van der Waals surface area contributed by atoms with Crippen LogP contribution in [0.2, 0.25) is 0 Å². The zero-order valence-electron chi connectivity index (χ0n) is 19.8. The minimum absolute atomic E-state index is 0.833. The van der Waals surface area contributed by atoms with Crippen LogP contribution in [-0.2, 0) is 9.59 Å². The number of carbonyl (C=O) groups is 2. The van der Waals surface area contributed by atoms with E-state index in [4.69, 9.17) is 19.8 Å². The van der Waals surface area contributed by atoms with E-state index in [-0.39, 0.29) is 0 Å². The molecular formula is C27H33O4P. The Morgan fingerprint density at radius 2 is 0.938 bits per heavy atom. The zero-order chi connectivity index (χ0) is 24.3. The van der Waals surface area contributed by atoms with E-state index in [1.54, 1.807) is 0 Å². The number of carboxylic acid groups (broad SMARTS) is 2. The molecule has 0 bridgehead atoms. The Balaban J connectivity index is 0.000000554. The van der Waals surface area contributed by atoms with Crippen LogP contribution in [0.3, 0.4) is 0 Å². The third kappa shape index (κ3) is 7.03. The van der Waals surface area contributed by atoms with Gasteiger partial charge in [-0.2, -0.15) is 0 Å². The fourth-order valence-corrected chi connectivity index (χ4v) is 8.73. The number of carboxylic acids is 2. The molecule has 0 saturated carbocycles. The standard InChI is InChI=1S/C23H26P.2C2H4O2/c1-5-24(21-15-9-6-12-18(21)2,22-16-10-7-13-19(22)3)23-17-11-8-14-20(23)4;2*1-2(3)4/h6-17H,5H2,1-4H3;2*1H3,(H,3,4)/q+1;;/p-1. The maximum atomic E-state index is 9.00. The van der Waals surface area contributed by atoms with Crippen molar-refractivity contribution in [1.82, 2.24) is 0 Å². The van der Waals surface area contributed by atoms with Crippen molar-refractivity contribution in [3.63, 3.8) is 0 Å². The summed E-state index contributed by atoms with van der Waals surface area (Å²) in [5.74, 6) is -1.92. The molecule has 32 heavy (non-hydrogen) atoms. The first-order valence-electron chi connectivity index (χ1n) is 10.5. The van der Waals surface area contributed by atoms with Crippen molar-refractivity contribution < 1.29 is 19.8 Å². The Morgan fingerprint density at radius 1 is 0.719 bits per heavy atom. The lowest BCUT2D eigenvalue weighted by Crippen LogP contribution is -2.36. The molecule has 0 saturated heterocycles. The quantitative estimate of drug-likeness (QED) is 0.612. The summed E-state index contributed by atoms with van der Waals surface area (Å²) < 4.78 is 0. The number of rotatable bonds is 4. The lowest BCUT2D eigenvalue weighted by Gasteiger charge is -2.30. The van der Waals surface area contributed by atoms with Gasteiger partial charge in [0.05, 0.1) is 6.16 Å². The van der Waals surface area contributed by atoms with Gasteiger partial charge >= 0.3 is 0 Å². The lowest BCUT2D eigenvalue weighted by atomic mass is 10.2. The van der Waals surface area contributed by atoms with Crippen molar-refractivity contribution in [2.45, 2.75) is 41.5 Å². The highest BCUT2D eigenvalue weighted by molar-refractivity contribution is 7.95. The van der Waals surface area contributed by atoms with Crippen LogP contribution in [0.5, 0.6) is 0 Å². The van der Waals surface area contributed by atoms with Gasteiger partial charge in [0, 0.05) is 12.9 Å². The maximum absolute atomic E-state index is 9.00. The molecule has 0 amide bonds. The number of hydrogen-bond acceptors (Lipinski definition) is 3. The molecule has 3 aromatic rings. The van der Waals surface area contributed by atoms with E-state index in [9.17, 15) is 0 Å². The van der Waals surface area contributed by atoms with Crippen molar-refractivity contribution in [2.24, 2.45) is 0 Å². The van der Waals surface area contributed by atoms with Gasteiger partial charge in [0.1, 0.15) is 23.2 Å². The van der Waals surface area contributed by atoms with Crippen LogP contribution in [0, 0.1) is 20.8 Å². The summed E-state index contributed by atoms with van der Waals surface area (Å²) in [7, 11) is -1.65. The van der Waals surface area contributed by atoms with Crippen molar-refractivity contribution in [3.8, 4) is 0 Å². The zero-order valence-corrected chi connectivity index (χ0v) is 20.6. The first-order chi connectivity index (χ1) is 15.1. The van der Waals surface area contributed by atoms with E-state index < -0.39 is 19.2 Å². The number of benzene rings is 3. The third-order valence-corrected chi connectivity index (χ3v) is 9.98. The molecule has 170 valence electrons. The molecule has 4 nitrogen and oxygen atoms in total. The number of aliphatic carboxylic acids is 2. The van der Waals surface area contributed by atoms with Gasteiger partial charge in [-0.25, -0.2) is 0 Å². The van der Waals surface area contributed by atoms with Crippen LogP contribution in [0.4, 0.5) is 0 Å². The molecule has 3 rings (SSSR count). The van der Waals surface area contributed by atoms with Crippen molar-refractivity contribution in [2.75, 3.05) is 6.16 Å². The topological polar surface area (TPSA) is 77.4 Å². The van der Waals surface area contributed by atoms with Gasteiger partial charge in [-0.1, -0.05) is 54.6 Å².